The van der Waals surface area contributed by atoms with Crippen LogP contribution in [-0.4, -0.2) is 46.7 Å². The van der Waals surface area contributed by atoms with E-state index in [1.54, 1.807) is 22.3 Å². The van der Waals surface area contributed by atoms with E-state index < -0.39 is 5.60 Å². The number of rotatable bonds is 4. The molecule has 0 bridgehead atoms. The average molecular weight is 442 g/mol. The molecule has 1 fully saturated rings. The summed E-state index contributed by atoms with van der Waals surface area (Å²) in [5.74, 6) is 0.326. The fourth-order valence-corrected chi connectivity index (χ4v) is 4.85. The minimum absolute atomic E-state index is 0.245. The van der Waals surface area contributed by atoms with E-state index in [-0.39, 0.29) is 12.2 Å². The monoisotopic (exact) mass is 441 g/mol. The summed E-state index contributed by atoms with van der Waals surface area (Å²) in [4.78, 5) is 35.8. The highest BCUT2D eigenvalue weighted by Gasteiger charge is 2.30. The maximum Gasteiger partial charge on any atom is 0.410 e. The predicted molar refractivity (Wildman–Crippen MR) is 119 cm³/mol. The molecule has 1 amide bonds. The summed E-state index contributed by atoms with van der Waals surface area (Å²) < 4.78 is 5.48. The van der Waals surface area contributed by atoms with Gasteiger partial charge in [0.05, 0.1) is 10.7 Å². The molecule has 164 valence electrons. The Labute approximate surface area is 186 Å². The van der Waals surface area contributed by atoms with Crippen LogP contribution in [0.5, 0.6) is 0 Å². The predicted octanol–water partition coefficient (Wildman–Crippen LogP) is 4.94. The van der Waals surface area contributed by atoms with Crippen LogP contribution >= 0.6 is 11.3 Å². The van der Waals surface area contributed by atoms with Gasteiger partial charge >= 0.3 is 6.09 Å². The van der Waals surface area contributed by atoms with Crippen LogP contribution in [0.15, 0.2) is 34.8 Å². The molecular weight excluding hydrogens is 414 g/mol. The minimum atomic E-state index is -0.480. The molecule has 4 rings (SSSR count). The normalized spacial score (nSPS) is 19.6. The van der Waals surface area contributed by atoms with Crippen LogP contribution in [0.1, 0.15) is 78.7 Å². The van der Waals surface area contributed by atoms with Gasteiger partial charge in [-0.3, -0.25) is 4.79 Å². The maximum atomic E-state index is 12.3. The molecule has 1 unspecified atom stereocenters. The lowest BCUT2D eigenvalue weighted by Crippen LogP contribution is -2.41. The van der Waals surface area contributed by atoms with Crippen molar-refractivity contribution in [1.82, 2.24) is 9.88 Å². The first-order chi connectivity index (χ1) is 14.8. The zero-order valence-electron chi connectivity index (χ0n) is 18.0. The van der Waals surface area contributed by atoms with Crippen molar-refractivity contribution in [3.05, 3.63) is 51.5 Å². The second kappa shape index (κ2) is 8.78. The Balaban J connectivity index is 1.35. The number of aldehydes is 1. The number of likely N-dealkylation sites (tertiary alicyclic amines) is 1. The molecule has 1 aromatic carbocycles. The summed E-state index contributed by atoms with van der Waals surface area (Å²) in [6.07, 6.45) is 2.66. The lowest BCUT2D eigenvalue weighted by Gasteiger charge is -2.32. The number of thiazole rings is 1. The molecule has 8 heteroatoms. The zero-order valence-corrected chi connectivity index (χ0v) is 18.9. The number of hydrogen-bond acceptors (Lipinski definition) is 7. The lowest BCUT2D eigenvalue weighted by atomic mass is 9.97. The highest BCUT2D eigenvalue weighted by Crippen LogP contribution is 2.34. The van der Waals surface area contributed by atoms with Gasteiger partial charge in [-0.2, -0.15) is 0 Å². The van der Waals surface area contributed by atoms with E-state index in [4.69, 9.17) is 14.6 Å². The van der Waals surface area contributed by atoms with Crippen molar-refractivity contribution in [2.45, 2.75) is 57.7 Å². The highest BCUT2D eigenvalue weighted by atomic mass is 32.1. The Morgan fingerprint density at radius 2 is 2.00 bits per heavy atom. The standard InChI is InChI=1S/C23H27N3O4S/c1-23(2,3)29-22(28)26-10-8-15(9-11-26)21-24-19(14-31-21)18-12-20(30-25-18)17-7-5-4-6-16(17)13-27/h4-7,13-15,20H,8-12H2,1-3H3. The van der Waals surface area contributed by atoms with E-state index in [0.717, 1.165) is 41.1 Å². The summed E-state index contributed by atoms with van der Waals surface area (Å²) >= 11 is 1.63. The molecule has 2 aromatic rings. The largest absolute Gasteiger partial charge is 0.444 e. The van der Waals surface area contributed by atoms with Gasteiger partial charge in [0.1, 0.15) is 17.6 Å². The molecule has 7 nitrogen and oxygen atoms in total. The van der Waals surface area contributed by atoms with Gasteiger partial charge in [-0.15, -0.1) is 11.3 Å². The second-order valence-electron chi connectivity index (χ2n) is 8.90. The summed E-state index contributed by atoms with van der Waals surface area (Å²) in [7, 11) is 0. The number of oxime groups is 1. The molecule has 1 atom stereocenters. The van der Waals surface area contributed by atoms with Crippen LogP contribution in [0.2, 0.25) is 0 Å². The van der Waals surface area contributed by atoms with Gasteiger partial charge in [0.25, 0.3) is 0 Å². The molecule has 0 N–H and O–H groups in total. The third kappa shape index (κ3) is 4.95. The summed E-state index contributed by atoms with van der Waals surface area (Å²) in [6.45, 7) is 6.98. The van der Waals surface area contributed by atoms with E-state index in [0.29, 0.717) is 31.0 Å². The minimum Gasteiger partial charge on any atom is -0.444 e. The average Bonchev–Trinajstić information content (AvgIpc) is 3.42. The first-order valence-electron chi connectivity index (χ1n) is 10.5. The van der Waals surface area contributed by atoms with Crippen LogP contribution in [0.3, 0.4) is 0 Å². The molecule has 0 aliphatic carbocycles. The van der Waals surface area contributed by atoms with Crippen LogP contribution in [-0.2, 0) is 9.57 Å². The van der Waals surface area contributed by atoms with Crippen LogP contribution in [0.25, 0.3) is 0 Å². The Morgan fingerprint density at radius 1 is 1.26 bits per heavy atom. The molecule has 0 spiro atoms. The number of aromatic nitrogens is 1. The van der Waals surface area contributed by atoms with Gasteiger partial charge < -0.3 is 14.5 Å². The third-order valence-corrected chi connectivity index (χ3v) is 6.46. The number of amides is 1. The van der Waals surface area contributed by atoms with Crippen molar-refractivity contribution in [2.75, 3.05) is 13.1 Å². The van der Waals surface area contributed by atoms with Crippen LogP contribution in [0.4, 0.5) is 4.79 Å². The summed E-state index contributed by atoms with van der Waals surface area (Å²) in [6, 6.07) is 7.42. The third-order valence-electron chi connectivity index (χ3n) is 5.45. The van der Waals surface area contributed by atoms with Gasteiger partial charge in [0.2, 0.25) is 0 Å². The van der Waals surface area contributed by atoms with E-state index in [1.165, 1.54) is 0 Å². The quantitative estimate of drug-likeness (QED) is 0.628. The Morgan fingerprint density at radius 3 is 2.71 bits per heavy atom. The first-order valence-corrected chi connectivity index (χ1v) is 11.4. The Hall–Kier alpha value is -2.74. The SMILES string of the molecule is CC(C)(C)OC(=O)N1CCC(c2nc(C3=NOC(c4ccccc4C=O)C3)cs2)CC1. The Kier molecular flexibility index (Phi) is 6.09. The van der Waals surface area contributed by atoms with E-state index in [2.05, 4.69) is 5.16 Å². The molecule has 3 heterocycles. The fraction of sp³-hybridized carbons (Fsp3) is 0.478. The molecule has 31 heavy (non-hydrogen) atoms. The lowest BCUT2D eigenvalue weighted by molar-refractivity contribution is 0.0204. The number of piperidine rings is 1. The number of carbonyl (C=O) groups is 2. The number of nitrogens with zero attached hydrogens (tertiary/aromatic N) is 3. The van der Waals surface area contributed by atoms with Crippen molar-refractivity contribution >= 4 is 29.4 Å². The van der Waals surface area contributed by atoms with Gasteiger partial charge in [0.15, 0.2) is 6.10 Å². The molecule has 1 aromatic heterocycles. The van der Waals surface area contributed by atoms with Crippen molar-refractivity contribution in [2.24, 2.45) is 5.16 Å². The van der Waals surface area contributed by atoms with Crippen molar-refractivity contribution < 1.29 is 19.2 Å². The molecule has 0 radical (unpaired) electrons. The molecule has 2 aliphatic heterocycles. The molecule has 2 aliphatic rings. The van der Waals surface area contributed by atoms with Gasteiger partial charge in [-0.05, 0) is 33.6 Å². The second-order valence-corrected chi connectivity index (χ2v) is 9.79. The van der Waals surface area contributed by atoms with Crippen molar-refractivity contribution in [3.63, 3.8) is 0 Å². The van der Waals surface area contributed by atoms with Crippen LogP contribution < -0.4 is 0 Å². The van der Waals surface area contributed by atoms with E-state index in [9.17, 15) is 9.59 Å². The maximum absolute atomic E-state index is 12.3. The fourth-order valence-electron chi connectivity index (χ4n) is 3.85. The topological polar surface area (TPSA) is 81.1 Å². The van der Waals surface area contributed by atoms with Gasteiger partial charge in [0, 0.05) is 41.9 Å². The van der Waals surface area contributed by atoms with Crippen molar-refractivity contribution in [3.8, 4) is 0 Å². The van der Waals surface area contributed by atoms with Crippen LogP contribution in [0, 0.1) is 0 Å². The number of ether oxygens (including phenoxy) is 1. The number of carbonyl (C=O) groups excluding carboxylic acids is 2. The van der Waals surface area contributed by atoms with Gasteiger partial charge in [-0.25, -0.2) is 9.78 Å². The van der Waals surface area contributed by atoms with E-state index >= 15 is 0 Å². The van der Waals surface area contributed by atoms with E-state index in [1.807, 2.05) is 44.4 Å². The Bertz CT molecular complexity index is 987. The number of benzene rings is 1. The highest BCUT2D eigenvalue weighted by molar-refractivity contribution is 7.10. The zero-order chi connectivity index (χ0) is 22.0. The van der Waals surface area contributed by atoms with Gasteiger partial charge in [-0.1, -0.05) is 29.4 Å². The summed E-state index contributed by atoms with van der Waals surface area (Å²) in [5.41, 5.74) is 2.63. The first kappa shape index (κ1) is 21.5. The number of hydrogen-bond donors (Lipinski definition) is 0. The summed E-state index contributed by atoms with van der Waals surface area (Å²) in [5, 5.41) is 7.33. The molecule has 1 saturated heterocycles. The smallest absolute Gasteiger partial charge is 0.410 e. The molecule has 0 saturated carbocycles. The molecular formula is C23H27N3O4S. The van der Waals surface area contributed by atoms with Crippen molar-refractivity contribution in [1.29, 1.82) is 0 Å².